The second-order valence-electron chi connectivity index (χ2n) is 8.50. The molecule has 0 spiro atoms. The lowest BCUT2D eigenvalue weighted by Crippen LogP contribution is -2.42. The molecule has 1 aliphatic carbocycles. The molecule has 0 radical (unpaired) electrons. The van der Waals surface area contributed by atoms with Gasteiger partial charge in [0.15, 0.2) is 6.10 Å². The molecule has 0 saturated heterocycles. The zero-order chi connectivity index (χ0) is 24.7. The topological polar surface area (TPSA) is 102 Å². The summed E-state index contributed by atoms with van der Waals surface area (Å²) in [5.41, 5.74) is 0.839. The lowest BCUT2D eigenvalue weighted by molar-refractivity contribution is -0.130. The lowest BCUT2D eigenvalue weighted by Gasteiger charge is -2.24. The van der Waals surface area contributed by atoms with Gasteiger partial charge in [-0.05, 0) is 43.5 Å². The molecule has 184 valence electrons. The van der Waals surface area contributed by atoms with Crippen LogP contribution in [0.4, 0.5) is 0 Å². The number of nitrogens with zero attached hydrogens (tertiary/aromatic N) is 1. The van der Waals surface area contributed by atoms with Crippen LogP contribution in [0.25, 0.3) is 0 Å². The van der Waals surface area contributed by atoms with Crippen LogP contribution in [0.2, 0.25) is 0 Å². The van der Waals surface area contributed by atoms with Gasteiger partial charge in [-0.3, -0.25) is 4.79 Å². The molecule has 1 atom stereocenters. The highest BCUT2D eigenvalue weighted by molar-refractivity contribution is 7.89. The summed E-state index contributed by atoms with van der Waals surface area (Å²) in [6, 6.07) is 13.3. The summed E-state index contributed by atoms with van der Waals surface area (Å²) in [6.45, 7) is 1.66. The van der Waals surface area contributed by atoms with Crippen molar-refractivity contribution in [2.75, 3.05) is 14.2 Å². The van der Waals surface area contributed by atoms with Crippen LogP contribution in [0.1, 0.15) is 54.9 Å². The summed E-state index contributed by atoms with van der Waals surface area (Å²) < 4.78 is 38.3. The number of amides is 1. The second kappa shape index (κ2) is 11.5. The van der Waals surface area contributed by atoms with Crippen LogP contribution in [0, 0.1) is 0 Å². The Morgan fingerprint density at radius 3 is 2.41 bits per heavy atom. The normalized spacial score (nSPS) is 15.5. The number of hydrogen-bond acceptors (Lipinski definition) is 6. The number of ether oxygens (including phenoxy) is 2. The van der Waals surface area contributed by atoms with Crippen LogP contribution in [0.15, 0.2) is 53.4 Å². The molecule has 1 saturated carbocycles. The fourth-order valence-corrected chi connectivity index (χ4v) is 5.28. The van der Waals surface area contributed by atoms with Gasteiger partial charge in [0.05, 0.1) is 12.7 Å². The van der Waals surface area contributed by atoms with Gasteiger partial charge in [-0.1, -0.05) is 49.6 Å². The van der Waals surface area contributed by atoms with Crippen molar-refractivity contribution in [2.45, 2.75) is 62.6 Å². The van der Waals surface area contributed by atoms with Crippen molar-refractivity contribution in [3.63, 3.8) is 0 Å². The van der Waals surface area contributed by atoms with Crippen molar-refractivity contribution in [3.05, 3.63) is 59.7 Å². The van der Waals surface area contributed by atoms with Gasteiger partial charge in [-0.15, -0.1) is 0 Å². The average Bonchev–Trinajstić information content (AvgIpc) is 2.84. The molecule has 8 nitrogen and oxygen atoms in total. The Bertz CT molecular complexity index is 1100. The average molecular weight is 489 g/mol. The Labute approximate surface area is 201 Å². The molecular formula is C25H32N2O6S. The van der Waals surface area contributed by atoms with Crippen molar-refractivity contribution >= 4 is 21.9 Å². The number of carbonyl (C=O) groups is 2. The minimum atomic E-state index is -3.98. The number of sulfonamides is 1. The number of esters is 1. The third-order valence-corrected chi connectivity index (χ3v) is 7.76. The lowest BCUT2D eigenvalue weighted by atomic mass is 9.95. The molecule has 1 fully saturated rings. The Hall–Kier alpha value is -2.91. The summed E-state index contributed by atoms with van der Waals surface area (Å²) in [6.07, 6.45) is 4.14. The minimum Gasteiger partial charge on any atom is -0.495 e. The van der Waals surface area contributed by atoms with Crippen LogP contribution < -0.4 is 10.1 Å². The maximum atomic E-state index is 13.3. The number of nitrogens with one attached hydrogen (secondary N) is 1. The number of carbonyl (C=O) groups excluding carboxylic acids is 2. The highest BCUT2D eigenvalue weighted by Crippen LogP contribution is 2.28. The van der Waals surface area contributed by atoms with E-state index in [0.29, 0.717) is 0 Å². The predicted octanol–water partition coefficient (Wildman–Crippen LogP) is 3.51. The molecule has 2 aromatic rings. The van der Waals surface area contributed by atoms with E-state index in [9.17, 15) is 18.0 Å². The molecule has 1 unspecified atom stereocenters. The molecular weight excluding hydrogens is 456 g/mol. The third-order valence-electron chi connectivity index (χ3n) is 5.94. The number of rotatable bonds is 9. The van der Waals surface area contributed by atoms with Crippen LogP contribution in [0.5, 0.6) is 5.75 Å². The number of benzene rings is 2. The fraction of sp³-hybridized carbons (Fsp3) is 0.440. The fourth-order valence-electron chi connectivity index (χ4n) is 3.95. The smallest absolute Gasteiger partial charge is 0.338 e. The Morgan fingerprint density at radius 1 is 1.09 bits per heavy atom. The predicted molar refractivity (Wildman–Crippen MR) is 128 cm³/mol. The molecule has 34 heavy (non-hydrogen) atoms. The molecule has 1 aliphatic rings. The number of methoxy groups -OCH3 is 1. The highest BCUT2D eigenvalue weighted by atomic mass is 32.2. The van der Waals surface area contributed by atoms with Gasteiger partial charge in [0, 0.05) is 19.6 Å². The molecule has 0 aliphatic heterocycles. The Balaban J connectivity index is 1.74. The molecule has 9 heteroatoms. The van der Waals surface area contributed by atoms with Crippen LogP contribution in [-0.4, -0.2) is 50.9 Å². The molecule has 0 heterocycles. The van der Waals surface area contributed by atoms with E-state index in [1.54, 1.807) is 0 Å². The van der Waals surface area contributed by atoms with E-state index in [4.69, 9.17) is 9.47 Å². The van der Waals surface area contributed by atoms with Crippen LogP contribution >= 0.6 is 0 Å². The molecule has 1 N–H and O–H groups in total. The van der Waals surface area contributed by atoms with E-state index >= 15 is 0 Å². The SMILES string of the molecule is COc1ccc(C(=O)OC(C)C(=O)NC2CCCCC2)cc1S(=O)(=O)N(C)Cc1ccccc1. The van der Waals surface area contributed by atoms with Crippen LogP contribution in [-0.2, 0) is 26.1 Å². The van der Waals surface area contributed by atoms with E-state index in [2.05, 4.69) is 5.32 Å². The maximum absolute atomic E-state index is 13.3. The standard InChI is InChI=1S/C25H32N2O6S/c1-18(24(28)26-21-12-8-5-9-13-21)33-25(29)20-14-15-22(32-3)23(16-20)34(30,31)27(2)17-19-10-6-4-7-11-19/h4,6-7,10-11,14-16,18,21H,5,8-9,12-13,17H2,1-3H3,(H,26,28). The summed E-state index contributed by atoms with van der Waals surface area (Å²) in [5.74, 6) is -1.03. The zero-order valence-electron chi connectivity index (χ0n) is 19.8. The second-order valence-corrected chi connectivity index (χ2v) is 10.5. The monoisotopic (exact) mass is 488 g/mol. The molecule has 1 amide bonds. The zero-order valence-corrected chi connectivity index (χ0v) is 20.6. The van der Waals surface area contributed by atoms with Crippen molar-refractivity contribution < 1.29 is 27.5 Å². The molecule has 0 bridgehead atoms. The summed E-state index contributed by atoms with van der Waals surface area (Å²) in [7, 11) is -1.15. The van der Waals surface area contributed by atoms with E-state index in [0.717, 1.165) is 31.2 Å². The first-order valence-corrected chi connectivity index (χ1v) is 12.9. The van der Waals surface area contributed by atoms with E-state index < -0.39 is 22.1 Å². The van der Waals surface area contributed by atoms with Gasteiger partial charge in [-0.2, -0.15) is 4.31 Å². The van der Waals surface area contributed by atoms with Gasteiger partial charge in [-0.25, -0.2) is 13.2 Å². The third kappa shape index (κ3) is 6.36. The molecule has 0 aromatic heterocycles. The molecule has 2 aromatic carbocycles. The molecule has 3 rings (SSSR count). The Morgan fingerprint density at radius 2 is 1.76 bits per heavy atom. The first-order chi connectivity index (χ1) is 16.2. The van der Waals surface area contributed by atoms with Gasteiger partial charge >= 0.3 is 5.97 Å². The Kier molecular flexibility index (Phi) is 8.68. The van der Waals surface area contributed by atoms with Crippen molar-refractivity contribution in [2.24, 2.45) is 0 Å². The maximum Gasteiger partial charge on any atom is 0.338 e. The van der Waals surface area contributed by atoms with Gasteiger partial charge in [0.2, 0.25) is 10.0 Å². The van der Waals surface area contributed by atoms with Gasteiger partial charge in [0.25, 0.3) is 5.91 Å². The van der Waals surface area contributed by atoms with Crippen molar-refractivity contribution in [3.8, 4) is 5.75 Å². The van der Waals surface area contributed by atoms with E-state index in [-0.39, 0.29) is 34.7 Å². The summed E-state index contributed by atoms with van der Waals surface area (Å²) >= 11 is 0. The van der Waals surface area contributed by atoms with Crippen LogP contribution in [0.3, 0.4) is 0 Å². The minimum absolute atomic E-state index is 0.0183. The summed E-state index contributed by atoms with van der Waals surface area (Å²) in [4.78, 5) is 25.0. The summed E-state index contributed by atoms with van der Waals surface area (Å²) in [5, 5.41) is 2.93. The van der Waals surface area contributed by atoms with Crippen molar-refractivity contribution in [1.29, 1.82) is 0 Å². The number of hydrogen-bond donors (Lipinski definition) is 1. The van der Waals surface area contributed by atoms with E-state index in [1.165, 1.54) is 50.0 Å². The highest BCUT2D eigenvalue weighted by Gasteiger charge is 2.28. The van der Waals surface area contributed by atoms with Gasteiger partial charge < -0.3 is 14.8 Å². The van der Waals surface area contributed by atoms with Gasteiger partial charge in [0.1, 0.15) is 10.6 Å². The largest absolute Gasteiger partial charge is 0.495 e. The first kappa shape index (κ1) is 25.7. The van der Waals surface area contributed by atoms with E-state index in [1.807, 2.05) is 30.3 Å². The quantitative estimate of drug-likeness (QED) is 0.542. The van der Waals surface area contributed by atoms with Crippen molar-refractivity contribution in [1.82, 2.24) is 9.62 Å². The first-order valence-electron chi connectivity index (χ1n) is 11.4.